The molecule has 0 rings (SSSR count). The summed E-state index contributed by atoms with van der Waals surface area (Å²) in [5.74, 6) is -0.153. The van der Waals surface area contributed by atoms with E-state index in [1.165, 1.54) is 14.2 Å². The number of amides is 1. The minimum Gasteiger partial charge on any atom is -0.354 e. The van der Waals surface area contributed by atoms with E-state index in [9.17, 15) is 4.79 Å². The highest BCUT2D eigenvalue weighted by molar-refractivity contribution is 5.81. The first-order valence-corrected chi connectivity index (χ1v) is 5.68. The summed E-state index contributed by atoms with van der Waals surface area (Å²) in [5, 5.41) is 2.78. The van der Waals surface area contributed by atoms with Crippen molar-refractivity contribution in [2.75, 3.05) is 14.2 Å². The number of nitrogens with one attached hydrogen (secondary N) is 1. The van der Waals surface area contributed by atoms with Gasteiger partial charge in [-0.1, -0.05) is 19.8 Å². The van der Waals surface area contributed by atoms with Crippen LogP contribution in [0.4, 0.5) is 0 Å². The maximum absolute atomic E-state index is 11.6. The van der Waals surface area contributed by atoms with Crippen LogP contribution in [0.5, 0.6) is 0 Å². The molecule has 16 heavy (non-hydrogen) atoms. The van der Waals surface area contributed by atoms with E-state index in [4.69, 9.17) is 15.2 Å². The van der Waals surface area contributed by atoms with Gasteiger partial charge in [-0.05, 0) is 13.3 Å². The molecule has 5 nitrogen and oxygen atoms in total. The normalized spacial score (nSPS) is 14.9. The number of methoxy groups -OCH3 is 2. The molecule has 96 valence electrons. The molecule has 3 N–H and O–H groups in total. The highest BCUT2D eigenvalue weighted by atomic mass is 16.7. The SMILES string of the molecule is CCCCC(N)C(=O)NC(C)C(OC)OC. The van der Waals surface area contributed by atoms with Gasteiger partial charge >= 0.3 is 0 Å². The van der Waals surface area contributed by atoms with Crippen LogP contribution < -0.4 is 11.1 Å². The quantitative estimate of drug-likeness (QED) is 0.602. The first-order valence-electron chi connectivity index (χ1n) is 5.68. The Morgan fingerprint density at radius 3 is 2.38 bits per heavy atom. The largest absolute Gasteiger partial charge is 0.354 e. The molecule has 2 atom stereocenters. The first-order chi connectivity index (χ1) is 7.56. The van der Waals surface area contributed by atoms with Crippen molar-refractivity contribution >= 4 is 5.91 Å². The fourth-order valence-corrected chi connectivity index (χ4v) is 1.46. The molecule has 0 aromatic carbocycles. The Morgan fingerprint density at radius 1 is 1.38 bits per heavy atom. The number of unbranched alkanes of at least 4 members (excludes halogenated alkanes) is 1. The van der Waals surface area contributed by atoms with Crippen molar-refractivity contribution < 1.29 is 14.3 Å². The Morgan fingerprint density at radius 2 is 1.94 bits per heavy atom. The highest BCUT2D eigenvalue weighted by Gasteiger charge is 2.21. The number of hydrogen-bond acceptors (Lipinski definition) is 4. The second-order valence-corrected chi connectivity index (χ2v) is 3.89. The zero-order chi connectivity index (χ0) is 12.6. The molecular weight excluding hydrogens is 208 g/mol. The summed E-state index contributed by atoms with van der Waals surface area (Å²) >= 11 is 0. The van der Waals surface area contributed by atoms with Crippen molar-refractivity contribution in [2.24, 2.45) is 5.73 Å². The van der Waals surface area contributed by atoms with Crippen molar-refractivity contribution in [3.63, 3.8) is 0 Å². The van der Waals surface area contributed by atoms with Gasteiger partial charge in [0.15, 0.2) is 6.29 Å². The molecule has 0 aromatic rings. The fourth-order valence-electron chi connectivity index (χ4n) is 1.46. The molecule has 0 aliphatic heterocycles. The lowest BCUT2D eigenvalue weighted by atomic mass is 10.1. The summed E-state index contributed by atoms with van der Waals surface area (Å²) in [7, 11) is 3.07. The summed E-state index contributed by atoms with van der Waals surface area (Å²) in [4.78, 5) is 11.6. The molecule has 1 amide bonds. The number of ether oxygens (including phenoxy) is 2. The molecule has 0 bridgehead atoms. The third-order valence-corrected chi connectivity index (χ3v) is 2.45. The topological polar surface area (TPSA) is 73.6 Å². The monoisotopic (exact) mass is 232 g/mol. The molecule has 0 aliphatic carbocycles. The molecule has 0 heterocycles. The fraction of sp³-hybridized carbons (Fsp3) is 0.909. The minimum absolute atomic E-state index is 0.153. The summed E-state index contributed by atoms with van der Waals surface area (Å²) < 4.78 is 10.1. The van der Waals surface area contributed by atoms with E-state index in [0.717, 1.165) is 12.8 Å². The molecule has 0 radical (unpaired) electrons. The predicted octanol–water partition coefficient (Wildman–Crippen LogP) is 0.628. The number of carbonyl (C=O) groups is 1. The van der Waals surface area contributed by atoms with E-state index in [0.29, 0.717) is 6.42 Å². The third kappa shape index (κ3) is 5.44. The summed E-state index contributed by atoms with van der Waals surface area (Å²) in [6.07, 6.45) is 2.26. The minimum atomic E-state index is -0.447. The van der Waals surface area contributed by atoms with E-state index >= 15 is 0 Å². The third-order valence-electron chi connectivity index (χ3n) is 2.45. The van der Waals surface area contributed by atoms with Crippen molar-refractivity contribution in [3.8, 4) is 0 Å². The molecule has 5 heteroatoms. The lowest BCUT2D eigenvalue weighted by molar-refractivity contribution is -0.136. The van der Waals surface area contributed by atoms with Crippen LogP contribution in [-0.4, -0.2) is 38.5 Å². The van der Waals surface area contributed by atoms with Gasteiger partial charge in [-0.3, -0.25) is 4.79 Å². The Bertz CT molecular complexity index is 196. The average molecular weight is 232 g/mol. The van der Waals surface area contributed by atoms with E-state index in [2.05, 4.69) is 12.2 Å². The van der Waals surface area contributed by atoms with Crippen molar-refractivity contribution in [2.45, 2.75) is 51.5 Å². The van der Waals surface area contributed by atoms with Crippen LogP contribution in [0.15, 0.2) is 0 Å². The van der Waals surface area contributed by atoms with Crippen LogP contribution >= 0.6 is 0 Å². The Hall–Kier alpha value is -0.650. The number of nitrogens with two attached hydrogens (primary N) is 1. The summed E-state index contributed by atoms with van der Waals surface area (Å²) in [5.41, 5.74) is 5.74. The van der Waals surface area contributed by atoms with Gasteiger partial charge in [-0.25, -0.2) is 0 Å². The van der Waals surface area contributed by atoms with Gasteiger partial charge < -0.3 is 20.5 Å². The van der Waals surface area contributed by atoms with Gasteiger partial charge in [0.2, 0.25) is 5.91 Å². The number of carbonyl (C=O) groups excluding carboxylic acids is 1. The predicted molar refractivity (Wildman–Crippen MR) is 62.9 cm³/mol. The zero-order valence-corrected chi connectivity index (χ0v) is 10.7. The Kier molecular flexibility index (Phi) is 8.15. The van der Waals surface area contributed by atoms with Crippen LogP contribution in [0.3, 0.4) is 0 Å². The van der Waals surface area contributed by atoms with Gasteiger partial charge in [0.25, 0.3) is 0 Å². The van der Waals surface area contributed by atoms with E-state index in [-0.39, 0.29) is 11.9 Å². The summed E-state index contributed by atoms with van der Waals surface area (Å²) in [6.45, 7) is 3.89. The van der Waals surface area contributed by atoms with Gasteiger partial charge in [0.1, 0.15) is 0 Å². The van der Waals surface area contributed by atoms with Crippen LogP contribution in [0.2, 0.25) is 0 Å². The average Bonchev–Trinajstić information content (AvgIpc) is 2.27. The zero-order valence-electron chi connectivity index (χ0n) is 10.7. The van der Waals surface area contributed by atoms with E-state index in [1.807, 2.05) is 6.92 Å². The molecule has 0 aliphatic rings. The maximum Gasteiger partial charge on any atom is 0.237 e. The van der Waals surface area contributed by atoms with Crippen LogP contribution in [0.25, 0.3) is 0 Å². The number of hydrogen-bond donors (Lipinski definition) is 2. The van der Waals surface area contributed by atoms with Crippen molar-refractivity contribution in [1.29, 1.82) is 0 Å². The number of rotatable bonds is 8. The lowest BCUT2D eigenvalue weighted by Gasteiger charge is -2.23. The summed E-state index contributed by atoms with van der Waals surface area (Å²) in [6, 6.07) is -0.660. The lowest BCUT2D eigenvalue weighted by Crippen LogP contribution is -2.49. The Labute approximate surface area is 97.7 Å². The van der Waals surface area contributed by atoms with Crippen LogP contribution in [-0.2, 0) is 14.3 Å². The van der Waals surface area contributed by atoms with Crippen molar-refractivity contribution in [1.82, 2.24) is 5.32 Å². The Balaban J connectivity index is 4.01. The smallest absolute Gasteiger partial charge is 0.237 e. The molecule has 2 unspecified atom stereocenters. The second-order valence-electron chi connectivity index (χ2n) is 3.89. The van der Waals surface area contributed by atoms with Gasteiger partial charge in [0, 0.05) is 14.2 Å². The molecular formula is C11H24N2O3. The van der Waals surface area contributed by atoms with E-state index < -0.39 is 12.3 Å². The standard InChI is InChI=1S/C11H24N2O3/c1-5-6-7-9(12)10(14)13-8(2)11(15-3)16-4/h8-9,11H,5-7,12H2,1-4H3,(H,13,14). The highest BCUT2D eigenvalue weighted by Crippen LogP contribution is 2.02. The molecule has 0 saturated heterocycles. The van der Waals surface area contributed by atoms with Crippen LogP contribution in [0, 0.1) is 0 Å². The first kappa shape index (κ1) is 15.3. The van der Waals surface area contributed by atoms with Gasteiger partial charge in [-0.15, -0.1) is 0 Å². The van der Waals surface area contributed by atoms with Gasteiger partial charge in [-0.2, -0.15) is 0 Å². The van der Waals surface area contributed by atoms with E-state index in [1.54, 1.807) is 0 Å². The maximum atomic E-state index is 11.6. The molecule has 0 aromatic heterocycles. The molecule has 0 fully saturated rings. The van der Waals surface area contributed by atoms with Gasteiger partial charge in [0.05, 0.1) is 12.1 Å². The second kappa shape index (κ2) is 8.50. The molecule has 0 saturated carbocycles. The molecule has 0 spiro atoms. The van der Waals surface area contributed by atoms with Crippen LogP contribution in [0.1, 0.15) is 33.1 Å². The van der Waals surface area contributed by atoms with Crippen molar-refractivity contribution in [3.05, 3.63) is 0 Å².